The number of benzene rings is 1. The summed E-state index contributed by atoms with van der Waals surface area (Å²) in [6.45, 7) is 10.4. The Balaban J connectivity index is 2.71. The summed E-state index contributed by atoms with van der Waals surface area (Å²) in [6, 6.07) is 4.53. The van der Waals surface area contributed by atoms with Crippen molar-refractivity contribution in [1.29, 1.82) is 0 Å². The highest BCUT2D eigenvalue weighted by Crippen LogP contribution is 2.19. The maximum absolute atomic E-state index is 12.0. The lowest BCUT2D eigenvalue weighted by molar-refractivity contribution is 0.0524. The molecule has 0 saturated heterocycles. The van der Waals surface area contributed by atoms with Gasteiger partial charge in [-0.1, -0.05) is 12.2 Å². The zero-order valence-corrected chi connectivity index (χ0v) is 15.6. The number of allylic oxidation sites excluding steroid dienone is 2. The Kier molecular flexibility index (Phi) is 9.61. The third-order valence-corrected chi connectivity index (χ3v) is 3.05. The van der Waals surface area contributed by atoms with Crippen LogP contribution in [0, 0.1) is 0 Å². The lowest BCUT2D eigenvalue weighted by Gasteiger charge is -2.11. The molecule has 6 heteroatoms. The van der Waals surface area contributed by atoms with Gasteiger partial charge in [-0.2, -0.15) is 0 Å². The molecule has 0 fully saturated rings. The first-order valence-electron chi connectivity index (χ1n) is 8.53. The fourth-order valence-electron chi connectivity index (χ4n) is 1.91. The fourth-order valence-corrected chi connectivity index (χ4v) is 1.91. The Hall–Kier alpha value is -2.76. The molecule has 0 aliphatic heterocycles. The third-order valence-electron chi connectivity index (χ3n) is 3.05. The summed E-state index contributed by atoms with van der Waals surface area (Å²) in [5, 5.41) is 0. The molecule has 0 unspecified atom stereocenters. The van der Waals surface area contributed by atoms with E-state index in [1.54, 1.807) is 38.3 Å². The van der Waals surface area contributed by atoms with Crippen molar-refractivity contribution in [2.75, 3.05) is 26.4 Å². The number of hydrogen-bond acceptors (Lipinski definition) is 6. The topological polar surface area (TPSA) is 71.1 Å². The Morgan fingerprint density at radius 2 is 1.58 bits per heavy atom. The molecular weight excluding hydrogens is 336 g/mol. The van der Waals surface area contributed by atoms with E-state index in [4.69, 9.17) is 18.9 Å². The van der Waals surface area contributed by atoms with Gasteiger partial charge < -0.3 is 18.9 Å². The van der Waals surface area contributed by atoms with Gasteiger partial charge in [0, 0.05) is 6.42 Å². The van der Waals surface area contributed by atoms with Crippen LogP contribution in [0.4, 0.5) is 0 Å². The average Bonchev–Trinajstić information content (AvgIpc) is 2.60. The largest absolute Gasteiger partial charge is 0.501 e. The van der Waals surface area contributed by atoms with Crippen molar-refractivity contribution in [3.63, 3.8) is 0 Å². The standard InChI is InChI=1S/C20H26O6/c1-5-24-19(21)16-12-17(20(22)25-6-2)14-18(13-16)26-10-7-9-23-11-8-15(3)4/h8,11-14H,3,5-7,9-10H2,1-2,4H3. The molecule has 1 aromatic rings. The molecule has 0 aliphatic carbocycles. The number of ether oxygens (including phenoxy) is 4. The zero-order chi connectivity index (χ0) is 19.4. The van der Waals surface area contributed by atoms with Crippen LogP contribution in [-0.4, -0.2) is 38.4 Å². The number of esters is 2. The normalized spacial score (nSPS) is 10.4. The smallest absolute Gasteiger partial charge is 0.338 e. The van der Waals surface area contributed by atoms with Gasteiger partial charge in [0.25, 0.3) is 0 Å². The minimum atomic E-state index is -0.517. The maximum atomic E-state index is 12.0. The van der Waals surface area contributed by atoms with Crippen molar-refractivity contribution in [1.82, 2.24) is 0 Å². The summed E-state index contributed by atoms with van der Waals surface area (Å²) in [6.07, 6.45) is 4.00. The first-order chi connectivity index (χ1) is 12.5. The summed E-state index contributed by atoms with van der Waals surface area (Å²) in [5.41, 5.74) is 1.39. The van der Waals surface area contributed by atoms with E-state index >= 15 is 0 Å². The molecule has 0 bridgehead atoms. The molecule has 0 aromatic heterocycles. The molecule has 0 radical (unpaired) electrons. The predicted molar refractivity (Wildman–Crippen MR) is 98.4 cm³/mol. The second kappa shape index (κ2) is 11.7. The van der Waals surface area contributed by atoms with Crippen LogP contribution in [0.5, 0.6) is 5.75 Å². The first kappa shape index (κ1) is 21.3. The van der Waals surface area contributed by atoms with Crippen LogP contribution < -0.4 is 4.74 Å². The molecule has 142 valence electrons. The molecule has 0 N–H and O–H groups in total. The molecule has 0 spiro atoms. The van der Waals surface area contributed by atoms with Crippen molar-refractivity contribution in [3.05, 3.63) is 53.8 Å². The van der Waals surface area contributed by atoms with Gasteiger partial charge >= 0.3 is 11.9 Å². The SMILES string of the molecule is C=C(C)C=COCCCOc1cc(C(=O)OCC)cc(C(=O)OCC)c1. The van der Waals surface area contributed by atoms with Crippen LogP contribution >= 0.6 is 0 Å². The van der Waals surface area contributed by atoms with Crippen molar-refractivity contribution >= 4 is 11.9 Å². The minimum Gasteiger partial charge on any atom is -0.501 e. The van der Waals surface area contributed by atoms with Gasteiger partial charge in [0.1, 0.15) is 5.75 Å². The molecule has 0 amide bonds. The van der Waals surface area contributed by atoms with E-state index in [9.17, 15) is 9.59 Å². The molecule has 0 atom stereocenters. The van der Waals surface area contributed by atoms with E-state index in [0.717, 1.165) is 5.57 Å². The van der Waals surface area contributed by atoms with Gasteiger partial charge in [0.2, 0.25) is 0 Å². The average molecular weight is 362 g/mol. The van der Waals surface area contributed by atoms with Crippen molar-refractivity contribution in [2.45, 2.75) is 27.2 Å². The fraction of sp³-hybridized carbons (Fsp3) is 0.400. The second-order valence-electron chi connectivity index (χ2n) is 5.41. The molecule has 0 heterocycles. The molecule has 0 saturated carbocycles. The quantitative estimate of drug-likeness (QED) is 0.257. The summed E-state index contributed by atoms with van der Waals surface area (Å²) in [4.78, 5) is 23.9. The summed E-state index contributed by atoms with van der Waals surface area (Å²) in [7, 11) is 0. The highest BCUT2D eigenvalue weighted by Gasteiger charge is 2.15. The third kappa shape index (κ3) is 7.88. The lowest BCUT2D eigenvalue weighted by atomic mass is 10.1. The van der Waals surface area contributed by atoms with Crippen LogP contribution in [-0.2, 0) is 14.2 Å². The molecule has 6 nitrogen and oxygen atoms in total. The minimum absolute atomic E-state index is 0.244. The highest BCUT2D eigenvalue weighted by atomic mass is 16.5. The molecule has 26 heavy (non-hydrogen) atoms. The van der Waals surface area contributed by atoms with E-state index in [0.29, 0.717) is 25.4 Å². The van der Waals surface area contributed by atoms with E-state index in [1.807, 2.05) is 6.92 Å². The van der Waals surface area contributed by atoms with Crippen molar-refractivity contribution in [2.24, 2.45) is 0 Å². The van der Waals surface area contributed by atoms with E-state index in [1.165, 1.54) is 6.07 Å². The van der Waals surface area contributed by atoms with Gasteiger partial charge in [0.05, 0.1) is 43.8 Å². The molecule has 1 aromatic carbocycles. The van der Waals surface area contributed by atoms with E-state index < -0.39 is 11.9 Å². The zero-order valence-electron chi connectivity index (χ0n) is 15.6. The van der Waals surface area contributed by atoms with Gasteiger partial charge in [-0.15, -0.1) is 0 Å². The van der Waals surface area contributed by atoms with E-state index in [-0.39, 0.29) is 24.3 Å². The van der Waals surface area contributed by atoms with Crippen LogP contribution in [0.25, 0.3) is 0 Å². The number of rotatable bonds is 11. The van der Waals surface area contributed by atoms with Gasteiger partial charge in [-0.3, -0.25) is 0 Å². The molecular formula is C20H26O6. The summed E-state index contributed by atoms with van der Waals surface area (Å²) >= 11 is 0. The second-order valence-corrected chi connectivity index (χ2v) is 5.41. The number of carbonyl (C=O) groups is 2. The summed E-state index contributed by atoms with van der Waals surface area (Å²) < 4.78 is 20.9. The monoisotopic (exact) mass is 362 g/mol. The Morgan fingerprint density at radius 1 is 1.00 bits per heavy atom. The maximum Gasteiger partial charge on any atom is 0.338 e. The highest BCUT2D eigenvalue weighted by molar-refractivity contribution is 5.96. The van der Waals surface area contributed by atoms with Gasteiger partial charge in [-0.05, 0) is 45.0 Å². The van der Waals surface area contributed by atoms with Crippen molar-refractivity contribution < 1.29 is 28.5 Å². The van der Waals surface area contributed by atoms with Crippen LogP contribution in [0.15, 0.2) is 42.7 Å². The van der Waals surface area contributed by atoms with Crippen molar-refractivity contribution in [3.8, 4) is 5.75 Å². The Bertz CT molecular complexity index is 611. The number of carbonyl (C=O) groups excluding carboxylic acids is 2. The van der Waals surface area contributed by atoms with Crippen LogP contribution in [0.3, 0.4) is 0 Å². The summed E-state index contributed by atoms with van der Waals surface area (Å²) in [5.74, 6) is -0.635. The predicted octanol–water partition coefficient (Wildman–Crippen LogP) is 3.92. The van der Waals surface area contributed by atoms with Gasteiger partial charge in [-0.25, -0.2) is 9.59 Å². The first-order valence-corrected chi connectivity index (χ1v) is 8.53. The van der Waals surface area contributed by atoms with Crippen LogP contribution in [0.1, 0.15) is 47.9 Å². The lowest BCUT2D eigenvalue weighted by Crippen LogP contribution is -2.10. The Morgan fingerprint density at radius 3 is 2.08 bits per heavy atom. The molecule has 1 rings (SSSR count). The van der Waals surface area contributed by atoms with Gasteiger partial charge in [0.15, 0.2) is 0 Å². The molecule has 0 aliphatic rings. The van der Waals surface area contributed by atoms with Crippen LogP contribution in [0.2, 0.25) is 0 Å². The number of hydrogen-bond donors (Lipinski definition) is 0. The Labute approximate surface area is 154 Å². The van der Waals surface area contributed by atoms with E-state index in [2.05, 4.69) is 6.58 Å².